The summed E-state index contributed by atoms with van der Waals surface area (Å²) in [5.41, 5.74) is 1.08. The Kier molecular flexibility index (Phi) is 7.58. The molecule has 0 spiro atoms. The molecule has 0 bridgehead atoms. The van der Waals surface area contributed by atoms with Gasteiger partial charge in [-0.15, -0.1) is 0 Å². The van der Waals surface area contributed by atoms with Gasteiger partial charge >= 0.3 is 5.97 Å². The van der Waals surface area contributed by atoms with Crippen molar-refractivity contribution in [2.75, 3.05) is 25.0 Å². The third-order valence-corrected chi connectivity index (χ3v) is 6.39. The minimum absolute atomic E-state index is 0.0721. The van der Waals surface area contributed by atoms with Gasteiger partial charge < -0.3 is 14.6 Å². The highest BCUT2D eigenvalue weighted by Crippen LogP contribution is 2.20. The lowest BCUT2D eigenvalue weighted by Crippen LogP contribution is -2.30. The van der Waals surface area contributed by atoms with E-state index in [-0.39, 0.29) is 10.6 Å². The number of rotatable bonds is 9. The molecule has 0 atom stereocenters. The molecule has 1 aromatic carbocycles. The molecule has 0 aliphatic rings. The Hall–Kier alpha value is -2.65. The first kappa shape index (κ1) is 22.6. The number of aromatic nitrogens is 1. The van der Waals surface area contributed by atoms with Crippen molar-refractivity contribution in [3.05, 3.63) is 47.8 Å². The van der Waals surface area contributed by atoms with E-state index in [2.05, 4.69) is 5.32 Å². The molecule has 0 fully saturated rings. The predicted molar refractivity (Wildman–Crippen MR) is 110 cm³/mol. The third kappa shape index (κ3) is 5.24. The van der Waals surface area contributed by atoms with E-state index in [0.717, 1.165) is 6.42 Å². The smallest absolute Gasteiger partial charge is 0.338 e. The molecule has 0 aliphatic heterocycles. The van der Waals surface area contributed by atoms with Crippen LogP contribution in [0.1, 0.15) is 48.0 Å². The summed E-state index contributed by atoms with van der Waals surface area (Å²) in [6, 6.07) is 7.68. The van der Waals surface area contributed by atoms with Crippen LogP contribution in [0.4, 0.5) is 5.69 Å². The number of amides is 1. The molecule has 0 radical (unpaired) electrons. The number of sulfonamides is 1. The molecule has 0 aliphatic carbocycles. The van der Waals surface area contributed by atoms with Gasteiger partial charge in [0.05, 0.1) is 12.2 Å². The number of anilines is 1. The molecule has 1 amide bonds. The van der Waals surface area contributed by atoms with Crippen molar-refractivity contribution in [1.29, 1.82) is 0 Å². The first-order valence-corrected chi connectivity index (χ1v) is 10.9. The van der Waals surface area contributed by atoms with Crippen molar-refractivity contribution in [2.24, 2.45) is 7.05 Å². The zero-order valence-electron chi connectivity index (χ0n) is 17.1. The molecule has 0 unspecified atom stereocenters. The number of aryl methyl sites for hydroxylation is 1. The first-order chi connectivity index (χ1) is 13.7. The van der Waals surface area contributed by atoms with Gasteiger partial charge in [0, 0.05) is 32.0 Å². The van der Waals surface area contributed by atoms with Gasteiger partial charge in [0.15, 0.2) is 0 Å². The van der Waals surface area contributed by atoms with Crippen molar-refractivity contribution in [3.8, 4) is 0 Å². The topological polar surface area (TPSA) is 97.7 Å². The lowest BCUT2D eigenvalue weighted by molar-refractivity contribution is 0.0505. The van der Waals surface area contributed by atoms with Gasteiger partial charge in [-0.25, -0.2) is 13.2 Å². The summed E-state index contributed by atoms with van der Waals surface area (Å²) in [7, 11) is -2.04. The Morgan fingerprint density at radius 1 is 1.10 bits per heavy atom. The van der Waals surface area contributed by atoms with E-state index in [9.17, 15) is 18.0 Å². The van der Waals surface area contributed by atoms with Crippen molar-refractivity contribution in [2.45, 2.75) is 32.1 Å². The van der Waals surface area contributed by atoms with Crippen LogP contribution in [0.2, 0.25) is 0 Å². The van der Waals surface area contributed by atoms with Crippen molar-refractivity contribution in [1.82, 2.24) is 8.87 Å². The summed E-state index contributed by atoms with van der Waals surface area (Å²) in [5, 5.41) is 2.71. The summed E-state index contributed by atoms with van der Waals surface area (Å²) in [6.07, 6.45) is 2.16. The zero-order valence-corrected chi connectivity index (χ0v) is 18.0. The fraction of sp³-hybridized carbons (Fsp3) is 0.400. The van der Waals surface area contributed by atoms with Crippen LogP contribution in [-0.4, -0.2) is 48.9 Å². The number of hydrogen-bond acceptors (Lipinski definition) is 5. The molecular formula is C20H27N3O5S. The minimum atomic E-state index is -3.65. The van der Waals surface area contributed by atoms with Crippen LogP contribution in [0.5, 0.6) is 0 Å². The van der Waals surface area contributed by atoms with Gasteiger partial charge in [-0.2, -0.15) is 4.31 Å². The lowest BCUT2D eigenvalue weighted by Gasteiger charge is -2.17. The second-order valence-corrected chi connectivity index (χ2v) is 8.37. The Balaban J connectivity index is 2.16. The number of carbonyl (C=O) groups excluding carboxylic acids is 2. The highest BCUT2D eigenvalue weighted by Gasteiger charge is 2.25. The monoisotopic (exact) mass is 421 g/mol. The highest BCUT2D eigenvalue weighted by molar-refractivity contribution is 7.89. The molecule has 0 saturated carbocycles. The SMILES string of the molecule is CCCOC(=O)c1ccc(NC(=O)c2cc(S(=O)(=O)N(CC)CC)cn2C)cc1. The number of esters is 1. The van der Waals surface area contributed by atoms with Crippen LogP contribution in [0.3, 0.4) is 0 Å². The molecule has 0 saturated heterocycles. The van der Waals surface area contributed by atoms with Gasteiger partial charge in [-0.1, -0.05) is 20.8 Å². The summed E-state index contributed by atoms with van der Waals surface area (Å²) >= 11 is 0. The number of hydrogen-bond donors (Lipinski definition) is 1. The molecule has 1 aromatic heterocycles. The average molecular weight is 422 g/mol. The van der Waals surface area contributed by atoms with Gasteiger partial charge in [-0.05, 0) is 36.8 Å². The second kappa shape index (κ2) is 9.71. The Bertz CT molecular complexity index is 961. The second-order valence-electron chi connectivity index (χ2n) is 6.43. The fourth-order valence-electron chi connectivity index (χ4n) is 2.78. The van der Waals surface area contributed by atoms with Crippen LogP contribution < -0.4 is 5.32 Å². The molecule has 2 aromatic rings. The Morgan fingerprint density at radius 2 is 1.72 bits per heavy atom. The number of ether oxygens (including phenoxy) is 1. The quantitative estimate of drug-likeness (QED) is 0.628. The predicted octanol–water partition coefficient (Wildman–Crippen LogP) is 2.87. The summed E-state index contributed by atoms with van der Waals surface area (Å²) in [6.45, 7) is 6.49. The summed E-state index contributed by atoms with van der Waals surface area (Å²) in [5.74, 6) is -0.867. The van der Waals surface area contributed by atoms with E-state index in [1.807, 2.05) is 6.92 Å². The lowest BCUT2D eigenvalue weighted by atomic mass is 10.2. The fourth-order valence-corrected chi connectivity index (χ4v) is 4.31. The number of nitrogens with one attached hydrogen (secondary N) is 1. The van der Waals surface area contributed by atoms with Crippen molar-refractivity contribution >= 4 is 27.6 Å². The number of benzene rings is 1. The van der Waals surface area contributed by atoms with Crippen molar-refractivity contribution < 1.29 is 22.7 Å². The molecule has 8 nitrogen and oxygen atoms in total. The van der Waals surface area contributed by atoms with Crippen LogP contribution in [0, 0.1) is 0 Å². The standard InChI is InChI=1S/C20H27N3O5S/c1-5-12-28-20(25)15-8-10-16(11-9-15)21-19(24)18-13-17(14-22(18)4)29(26,27)23(6-2)7-3/h8-11,13-14H,5-7,12H2,1-4H3,(H,21,24). The van der Waals surface area contributed by atoms with Crippen LogP contribution in [0.25, 0.3) is 0 Å². The maximum Gasteiger partial charge on any atom is 0.338 e. The van der Waals surface area contributed by atoms with E-state index in [0.29, 0.717) is 30.9 Å². The van der Waals surface area contributed by atoms with E-state index in [4.69, 9.17) is 4.74 Å². The Labute approximate surface area is 171 Å². The van der Waals surface area contributed by atoms with Gasteiger partial charge in [0.2, 0.25) is 10.0 Å². The summed E-state index contributed by atoms with van der Waals surface area (Å²) < 4.78 is 33.2. The molecule has 2 rings (SSSR count). The van der Waals surface area contributed by atoms with E-state index in [1.165, 1.54) is 21.1 Å². The first-order valence-electron chi connectivity index (χ1n) is 9.49. The van der Waals surface area contributed by atoms with Crippen LogP contribution in [0.15, 0.2) is 41.4 Å². The normalized spacial score (nSPS) is 11.5. The third-order valence-electron chi connectivity index (χ3n) is 4.37. The van der Waals surface area contributed by atoms with Crippen molar-refractivity contribution in [3.63, 3.8) is 0 Å². The molecule has 1 heterocycles. The van der Waals surface area contributed by atoms with Crippen LogP contribution in [-0.2, 0) is 21.8 Å². The molecular weight excluding hydrogens is 394 g/mol. The number of carbonyl (C=O) groups is 2. The molecule has 9 heteroatoms. The molecule has 29 heavy (non-hydrogen) atoms. The molecule has 1 N–H and O–H groups in total. The zero-order chi connectivity index (χ0) is 21.6. The van der Waals surface area contributed by atoms with E-state index < -0.39 is 21.9 Å². The highest BCUT2D eigenvalue weighted by atomic mass is 32.2. The van der Waals surface area contributed by atoms with Gasteiger partial charge in [0.25, 0.3) is 5.91 Å². The minimum Gasteiger partial charge on any atom is -0.462 e. The maximum atomic E-state index is 12.7. The van der Waals surface area contributed by atoms with E-state index in [1.54, 1.807) is 45.2 Å². The largest absolute Gasteiger partial charge is 0.462 e. The van der Waals surface area contributed by atoms with Gasteiger partial charge in [0.1, 0.15) is 10.6 Å². The van der Waals surface area contributed by atoms with Gasteiger partial charge in [-0.3, -0.25) is 4.79 Å². The average Bonchev–Trinajstić information content (AvgIpc) is 3.10. The number of nitrogens with zero attached hydrogens (tertiary/aromatic N) is 2. The maximum absolute atomic E-state index is 12.7. The summed E-state index contributed by atoms with van der Waals surface area (Å²) in [4.78, 5) is 24.5. The Morgan fingerprint density at radius 3 is 2.28 bits per heavy atom. The van der Waals surface area contributed by atoms with E-state index >= 15 is 0 Å². The molecule has 158 valence electrons. The van der Waals surface area contributed by atoms with Crippen LogP contribution >= 0.6 is 0 Å².